The molecule has 0 radical (unpaired) electrons. The molecule has 0 saturated carbocycles. The lowest BCUT2D eigenvalue weighted by atomic mass is 9.82. The molecular weight excluding hydrogens is 138 g/mol. The van der Waals surface area contributed by atoms with Gasteiger partial charge in [-0.15, -0.1) is 0 Å². The van der Waals surface area contributed by atoms with Gasteiger partial charge in [0.1, 0.15) is 0 Å². The fourth-order valence-electron chi connectivity index (χ4n) is 1.62. The minimum absolute atomic E-state index is 0.282. The Balaban J connectivity index is 2.43. The van der Waals surface area contributed by atoms with Crippen LogP contribution in [0.3, 0.4) is 0 Å². The standard InChI is InChI=1S/C9H19NO/c1-9(2,10-3)8-4-6-11-7-5-8/h8,10H,4-7H2,1-3H3. The summed E-state index contributed by atoms with van der Waals surface area (Å²) in [5.41, 5.74) is 0.282. The monoisotopic (exact) mass is 157 g/mol. The molecule has 0 aliphatic carbocycles. The first-order valence-electron chi connectivity index (χ1n) is 4.43. The van der Waals surface area contributed by atoms with Crippen LogP contribution in [0.25, 0.3) is 0 Å². The zero-order valence-corrected chi connectivity index (χ0v) is 7.81. The highest BCUT2D eigenvalue weighted by Gasteiger charge is 2.28. The lowest BCUT2D eigenvalue weighted by Crippen LogP contribution is -2.45. The molecule has 2 heteroatoms. The molecule has 1 N–H and O–H groups in total. The molecule has 0 atom stereocenters. The maximum Gasteiger partial charge on any atom is 0.0469 e. The van der Waals surface area contributed by atoms with Crippen LogP contribution in [0.15, 0.2) is 0 Å². The summed E-state index contributed by atoms with van der Waals surface area (Å²) in [6.45, 7) is 6.41. The van der Waals surface area contributed by atoms with Crippen LogP contribution in [0.5, 0.6) is 0 Å². The van der Waals surface area contributed by atoms with E-state index in [9.17, 15) is 0 Å². The van der Waals surface area contributed by atoms with Crippen LogP contribution < -0.4 is 5.32 Å². The van der Waals surface area contributed by atoms with Crippen molar-refractivity contribution in [3.8, 4) is 0 Å². The van der Waals surface area contributed by atoms with E-state index in [4.69, 9.17) is 4.74 Å². The average molecular weight is 157 g/mol. The Morgan fingerprint density at radius 2 is 1.82 bits per heavy atom. The molecule has 11 heavy (non-hydrogen) atoms. The molecule has 2 nitrogen and oxygen atoms in total. The van der Waals surface area contributed by atoms with E-state index in [2.05, 4.69) is 19.2 Å². The van der Waals surface area contributed by atoms with Gasteiger partial charge >= 0.3 is 0 Å². The Labute approximate surface area is 69.3 Å². The van der Waals surface area contributed by atoms with Gasteiger partial charge in [0.15, 0.2) is 0 Å². The van der Waals surface area contributed by atoms with E-state index in [1.807, 2.05) is 7.05 Å². The molecule has 0 unspecified atom stereocenters. The van der Waals surface area contributed by atoms with Crippen molar-refractivity contribution in [3.05, 3.63) is 0 Å². The van der Waals surface area contributed by atoms with Crippen LogP contribution >= 0.6 is 0 Å². The van der Waals surface area contributed by atoms with E-state index >= 15 is 0 Å². The average Bonchev–Trinajstić information content (AvgIpc) is 2.06. The molecule has 0 bridgehead atoms. The Hall–Kier alpha value is -0.0800. The van der Waals surface area contributed by atoms with Crippen molar-refractivity contribution < 1.29 is 4.74 Å². The number of hydrogen-bond acceptors (Lipinski definition) is 2. The van der Waals surface area contributed by atoms with E-state index in [0.717, 1.165) is 19.1 Å². The van der Waals surface area contributed by atoms with Crippen LogP contribution in [0.4, 0.5) is 0 Å². The van der Waals surface area contributed by atoms with Crippen LogP contribution in [-0.4, -0.2) is 25.8 Å². The third-order valence-electron chi connectivity index (χ3n) is 2.89. The summed E-state index contributed by atoms with van der Waals surface area (Å²) >= 11 is 0. The summed E-state index contributed by atoms with van der Waals surface area (Å²) in [6.07, 6.45) is 2.40. The first kappa shape index (κ1) is 9.01. The minimum Gasteiger partial charge on any atom is -0.381 e. The topological polar surface area (TPSA) is 21.3 Å². The Kier molecular flexibility index (Phi) is 2.90. The molecule has 1 heterocycles. The van der Waals surface area contributed by atoms with Crippen LogP contribution in [0.2, 0.25) is 0 Å². The quantitative estimate of drug-likeness (QED) is 0.654. The van der Waals surface area contributed by atoms with Crippen LogP contribution in [-0.2, 0) is 4.74 Å². The second-order valence-corrected chi connectivity index (χ2v) is 3.86. The van der Waals surface area contributed by atoms with Crippen molar-refractivity contribution >= 4 is 0 Å². The molecule has 1 rings (SSSR count). The van der Waals surface area contributed by atoms with E-state index in [1.54, 1.807) is 0 Å². The predicted octanol–water partition coefficient (Wildman–Crippen LogP) is 1.41. The Morgan fingerprint density at radius 3 is 2.27 bits per heavy atom. The van der Waals surface area contributed by atoms with E-state index < -0.39 is 0 Å². The summed E-state index contributed by atoms with van der Waals surface area (Å²) in [4.78, 5) is 0. The van der Waals surface area contributed by atoms with Crippen molar-refractivity contribution in [2.24, 2.45) is 5.92 Å². The molecular formula is C9H19NO. The molecule has 0 aromatic rings. The highest BCUT2D eigenvalue weighted by Crippen LogP contribution is 2.26. The van der Waals surface area contributed by atoms with Gasteiger partial charge in [0.25, 0.3) is 0 Å². The predicted molar refractivity (Wildman–Crippen MR) is 46.7 cm³/mol. The third-order valence-corrected chi connectivity index (χ3v) is 2.89. The van der Waals surface area contributed by atoms with Gasteiger partial charge in [-0.3, -0.25) is 0 Å². The molecule has 0 spiro atoms. The number of rotatable bonds is 2. The molecule has 0 aromatic heterocycles. The van der Waals surface area contributed by atoms with Gasteiger partial charge in [-0.1, -0.05) is 0 Å². The van der Waals surface area contributed by atoms with E-state index in [1.165, 1.54) is 12.8 Å². The fourth-order valence-corrected chi connectivity index (χ4v) is 1.62. The normalized spacial score (nSPS) is 22.1. The largest absolute Gasteiger partial charge is 0.381 e. The van der Waals surface area contributed by atoms with Gasteiger partial charge in [0.05, 0.1) is 0 Å². The zero-order chi connectivity index (χ0) is 8.32. The van der Waals surface area contributed by atoms with E-state index in [-0.39, 0.29) is 5.54 Å². The molecule has 66 valence electrons. The summed E-state index contributed by atoms with van der Waals surface area (Å²) in [5.74, 6) is 0.779. The molecule has 1 fully saturated rings. The van der Waals surface area contributed by atoms with Gasteiger partial charge in [-0.05, 0) is 39.7 Å². The third kappa shape index (κ3) is 2.17. The molecule has 1 aliphatic rings. The Bertz CT molecular complexity index is 117. The minimum atomic E-state index is 0.282. The first-order valence-corrected chi connectivity index (χ1v) is 4.43. The van der Waals surface area contributed by atoms with Gasteiger partial charge in [-0.2, -0.15) is 0 Å². The lowest BCUT2D eigenvalue weighted by Gasteiger charge is -2.36. The molecule has 0 aromatic carbocycles. The molecule has 1 saturated heterocycles. The lowest BCUT2D eigenvalue weighted by molar-refractivity contribution is 0.0388. The van der Waals surface area contributed by atoms with E-state index in [0.29, 0.717) is 0 Å². The molecule has 0 amide bonds. The summed E-state index contributed by atoms with van der Waals surface area (Å²) < 4.78 is 5.31. The maximum atomic E-state index is 5.31. The maximum absolute atomic E-state index is 5.31. The van der Waals surface area contributed by atoms with Gasteiger partial charge in [0, 0.05) is 18.8 Å². The van der Waals surface area contributed by atoms with Crippen molar-refractivity contribution in [1.82, 2.24) is 5.32 Å². The Morgan fingerprint density at radius 1 is 1.27 bits per heavy atom. The SMILES string of the molecule is CNC(C)(C)C1CCOCC1. The van der Waals surface area contributed by atoms with Gasteiger partial charge in [0.2, 0.25) is 0 Å². The summed E-state index contributed by atoms with van der Waals surface area (Å²) in [7, 11) is 2.04. The summed E-state index contributed by atoms with van der Waals surface area (Å²) in [6, 6.07) is 0. The molecule has 1 aliphatic heterocycles. The first-order chi connectivity index (χ1) is 5.17. The summed E-state index contributed by atoms with van der Waals surface area (Å²) in [5, 5.41) is 3.36. The second kappa shape index (κ2) is 3.55. The number of nitrogens with one attached hydrogen (secondary N) is 1. The highest BCUT2D eigenvalue weighted by molar-refractivity contribution is 4.85. The highest BCUT2D eigenvalue weighted by atomic mass is 16.5. The van der Waals surface area contributed by atoms with Crippen LogP contribution in [0.1, 0.15) is 26.7 Å². The fraction of sp³-hybridized carbons (Fsp3) is 1.00. The number of hydrogen-bond donors (Lipinski definition) is 1. The van der Waals surface area contributed by atoms with Crippen molar-refractivity contribution in [2.45, 2.75) is 32.2 Å². The second-order valence-electron chi connectivity index (χ2n) is 3.86. The van der Waals surface area contributed by atoms with Gasteiger partial charge < -0.3 is 10.1 Å². The zero-order valence-electron chi connectivity index (χ0n) is 7.81. The smallest absolute Gasteiger partial charge is 0.0469 e. The van der Waals surface area contributed by atoms with Crippen molar-refractivity contribution in [1.29, 1.82) is 0 Å². The van der Waals surface area contributed by atoms with Crippen molar-refractivity contribution in [3.63, 3.8) is 0 Å². The van der Waals surface area contributed by atoms with Crippen molar-refractivity contribution in [2.75, 3.05) is 20.3 Å². The number of ether oxygens (including phenoxy) is 1. The van der Waals surface area contributed by atoms with Crippen LogP contribution in [0, 0.1) is 5.92 Å². The van der Waals surface area contributed by atoms with Gasteiger partial charge in [-0.25, -0.2) is 0 Å².